The maximum Gasteiger partial charge on any atom is 0.295 e. The topological polar surface area (TPSA) is 96.3 Å². The van der Waals surface area contributed by atoms with Gasteiger partial charge in [0.25, 0.3) is 16.2 Å². The molecule has 0 radical (unpaired) electrons. The highest BCUT2D eigenvalue weighted by Crippen LogP contribution is 2.27. The first-order valence-electron chi connectivity index (χ1n) is 8.90. The summed E-state index contributed by atoms with van der Waals surface area (Å²) in [7, 11) is -3.43. The zero-order valence-corrected chi connectivity index (χ0v) is 15.8. The molecule has 0 bridgehead atoms. The Labute approximate surface area is 152 Å². The van der Waals surface area contributed by atoms with Crippen molar-refractivity contribution < 1.29 is 17.2 Å². The van der Waals surface area contributed by atoms with Crippen LogP contribution in [-0.4, -0.2) is 32.0 Å². The number of hydrogen-bond donors (Lipinski definition) is 3. The van der Waals surface area contributed by atoms with E-state index in [2.05, 4.69) is 19.7 Å². The Morgan fingerprint density at radius 2 is 2.00 bits per heavy atom. The summed E-state index contributed by atoms with van der Waals surface area (Å²) < 4.78 is 47.5. The van der Waals surface area contributed by atoms with E-state index in [0.717, 1.165) is 25.7 Å². The van der Waals surface area contributed by atoms with Gasteiger partial charge in [0.1, 0.15) is 11.3 Å². The summed E-state index contributed by atoms with van der Waals surface area (Å²) in [5, 5.41) is 3.26. The van der Waals surface area contributed by atoms with E-state index in [1.54, 1.807) is 19.9 Å². The van der Waals surface area contributed by atoms with E-state index in [1.807, 2.05) is 0 Å². The number of hydrogen-bond acceptors (Lipinski definition) is 5. The molecule has 0 spiro atoms. The Bertz CT molecular complexity index is 845. The smallest absolute Gasteiger partial charge is 0.295 e. The number of halogens is 1. The highest BCUT2D eigenvalue weighted by molar-refractivity contribution is 7.87. The fourth-order valence-corrected chi connectivity index (χ4v) is 4.38. The lowest BCUT2D eigenvalue weighted by molar-refractivity contribution is 0.333. The summed E-state index contributed by atoms with van der Waals surface area (Å²) in [6, 6.07) is 4.76. The highest BCUT2D eigenvalue weighted by atomic mass is 32.2. The Morgan fingerprint density at radius 3 is 2.69 bits per heavy atom. The third-order valence-corrected chi connectivity index (χ3v) is 5.81. The molecule has 1 aromatic heterocycles. The van der Waals surface area contributed by atoms with Crippen molar-refractivity contribution in [3.8, 4) is 0 Å². The molecule has 3 N–H and O–H groups in total. The van der Waals surface area contributed by atoms with Crippen molar-refractivity contribution in [1.29, 1.82) is 0 Å². The number of fused-ring (bicyclic) bond motifs is 1. The van der Waals surface area contributed by atoms with Crippen LogP contribution in [-0.2, 0) is 10.2 Å². The average molecular weight is 384 g/mol. The SMILES string of the molecule is CC(C)NS(=O)(=O)NCC1CCC(Nc2nc3ccc(F)cc3o2)CC1. The normalized spacial score (nSPS) is 21.4. The van der Waals surface area contributed by atoms with E-state index < -0.39 is 10.2 Å². The molecule has 2 aromatic rings. The van der Waals surface area contributed by atoms with Crippen molar-refractivity contribution in [2.45, 2.75) is 51.6 Å². The monoisotopic (exact) mass is 384 g/mol. The summed E-state index contributed by atoms with van der Waals surface area (Å²) in [4.78, 5) is 4.32. The van der Waals surface area contributed by atoms with E-state index in [0.29, 0.717) is 29.6 Å². The number of anilines is 1. The molecule has 1 aliphatic carbocycles. The number of rotatable bonds is 7. The lowest BCUT2D eigenvalue weighted by Crippen LogP contribution is -2.43. The molecule has 26 heavy (non-hydrogen) atoms. The van der Waals surface area contributed by atoms with Crippen LogP contribution in [0.4, 0.5) is 10.4 Å². The predicted molar refractivity (Wildman–Crippen MR) is 98.5 cm³/mol. The van der Waals surface area contributed by atoms with Gasteiger partial charge in [0, 0.05) is 24.7 Å². The van der Waals surface area contributed by atoms with E-state index in [1.165, 1.54) is 12.1 Å². The van der Waals surface area contributed by atoms with Crippen molar-refractivity contribution in [2.24, 2.45) is 5.92 Å². The van der Waals surface area contributed by atoms with Crippen molar-refractivity contribution in [1.82, 2.24) is 14.4 Å². The summed E-state index contributed by atoms with van der Waals surface area (Å²) in [5.74, 6) is -0.0374. The molecule has 144 valence electrons. The quantitative estimate of drug-likeness (QED) is 0.682. The van der Waals surface area contributed by atoms with Gasteiger partial charge in [0.05, 0.1) is 0 Å². The lowest BCUT2D eigenvalue weighted by Gasteiger charge is -2.28. The molecule has 1 aliphatic rings. The Kier molecular flexibility index (Phi) is 5.79. The fraction of sp³-hybridized carbons (Fsp3) is 0.588. The van der Waals surface area contributed by atoms with Gasteiger partial charge < -0.3 is 9.73 Å². The molecule has 1 aromatic carbocycles. The van der Waals surface area contributed by atoms with Gasteiger partial charge in [0.2, 0.25) is 0 Å². The van der Waals surface area contributed by atoms with Gasteiger partial charge >= 0.3 is 0 Å². The van der Waals surface area contributed by atoms with Crippen LogP contribution >= 0.6 is 0 Å². The number of nitrogens with zero attached hydrogens (tertiary/aromatic N) is 1. The first kappa shape index (κ1) is 19.1. The molecule has 9 heteroatoms. The van der Waals surface area contributed by atoms with Crippen molar-refractivity contribution in [3.05, 3.63) is 24.0 Å². The molecule has 7 nitrogen and oxygen atoms in total. The van der Waals surface area contributed by atoms with Crippen LogP contribution in [0.15, 0.2) is 22.6 Å². The minimum atomic E-state index is -3.43. The van der Waals surface area contributed by atoms with Crippen LogP contribution in [0.1, 0.15) is 39.5 Å². The standard InChI is InChI=1S/C17H25FN4O3S/c1-11(2)22-26(23,24)19-10-12-3-6-14(7-4-12)20-17-21-15-8-5-13(18)9-16(15)25-17/h5,8-9,11-12,14,19,22H,3-4,6-7,10H2,1-2H3,(H,20,21). The van der Waals surface area contributed by atoms with Gasteiger partial charge in [-0.05, 0) is 57.6 Å². The molecule has 0 aliphatic heterocycles. The summed E-state index contributed by atoms with van der Waals surface area (Å²) in [6.45, 7) is 4.02. The third-order valence-electron chi connectivity index (χ3n) is 4.48. The molecular formula is C17H25FN4O3S. The van der Waals surface area contributed by atoms with Gasteiger partial charge in [-0.15, -0.1) is 0 Å². The molecule has 3 rings (SSSR count). The second kappa shape index (κ2) is 7.89. The third kappa shape index (κ3) is 5.15. The van der Waals surface area contributed by atoms with Crippen LogP contribution in [0.25, 0.3) is 11.1 Å². The number of nitrogens with one attached hydrogen (secondary N) is 3. The van der Waals surface area contributed by atoms with E-state index >= 15 is 0 Å². The zero-order chi connectivity index (χ0) is 18.7. The molecule has 0 atom stereocenters. The van der Waals surface area contributed by atoms with Crippen molar-refractivity contribution in [2.75, 3.05) is 11.9 Å². The molecule has 0 saturated heterocycles. The van der Waals surface area contributed by atoms with Gasteiger partial charge in [-0.2, -0.15) is 18.1 Å². The fourth-order valence-electron chi connectivity index (χ4n) is 3.23. The van der Waals surface area contributed by atoms with Gasteiger partial charge in [-0.25, -0.2) is 9.11 Å². The van der Waals surface area contributed by atoms with E-state index in [-0.39, 0.29) is 17.9 Å². The van der Waals surface area contributed by atoms with Crippen LogP contribution in [0.5, 0.6) is 0 Å². The first-order chi connectivity index (χ1) is 12.3. The Morgan fingerprint density at radius 1 is 1.27 bits per heavy atom. The maximum absolute atomic E-state index is 13.2. The summed E-state index contributed by atoms with van der Waals surface area (Å²) >= 11 is 0. The molecular weight excluding hydrogens is 359 g/mol. The minimum Gasteiger partial charge on any atom is -0.423 e. The Hall–Kier alpha value is -1.71. The van der Waals surface area contributed by atoms with Crippen LogP contribution in [0.3, 0.4) is 0 Å². The second-order valence-corrected chi connectivity index (χ2v) is 8.65. The van der Waals surface area contributed by atoms with Crippen LogP contribution in [0, 0.1) is 11.7 Å². The molecule has 0 amide bonds. The largest absolute Gasteiger partial charge is 0.423 e. The minimum absolute atomic E-state index is 0.128. The molecule has 1 heterocycles. The Balaban J connectivity index is 1.47. The van der Waals surface area contributed by atoms with Crippen molar-refractivity contribution in [3.63, 3.8) is 0 Å². The van der Waals surface area contributed by atoms with Gasteiger partial charge in [-0.1, -0.05) is 0 Å². The van der Waals surface area contributed by atoms with Crippen LogP contribution < -0.4 is 14.8 Å². The summed E-state index contributed by atoms with van der Waals surface area (Å²) in [6.07, 6.45) is 3.63. The van der Waals surface area contributed by atoms with Crippen molar-refractivity contribution >= 4 is 27.3 Å². The van der Waals surface area contributed by atoms with E-state index in [9.17, 15) is 12.8 Å². The maximum atomic E-state index is 13.2. The number of benzene rings is 1. The number of aromatic nitrogens is 1. The average Bonchev–Trinajstić information content (AvgIpc) is 2.94. The zero-order valence-electron chi connectivity index (χ0n) is 15.0. The van der Waals surface area contributed by atoms with E-state index in [4.69, 9.17) is 4.42 Å². The summed E-state index contributed by atoms with van der Waals surface area (Å²) in [5.41, 5.74) is 1.04. The number of oxazole rings is 1. The highest BCUT2D eigenvalue weighted by Gasteiger charge is 2.24. The van der Waals surface area contributed by atoms with Gasteiger partial charge in [-0.3, -0.25) is 0 Å². The molecule has 0 unspecified atom stereocenters. The first-order valence-corrected chi connectivity index (χ1v) is 10.4. The van der Waals surface area contributed by atoms with Crippen LogP contribution in [0.2, 0.25) is 0 Å². The molecule has 1 saturated carbocycles. The predicted octanol–water partition coefficient (Wildman–Crippen LogP) is 2.77. The second-order valence-electron chi connectivity index (χ2n) is 7.12. The lowest BCUT2D eigenvalue weighted by atomic mass is 9.86. The van der Waals surface area contributed by atoms with Gasteiger partial charge in [0.15, 0.2) is 5.58 Å². The molecule has 1 fully saturated rings.